The van der Waals surface area contributed by atoms with Crippen LogP contribution < -0.4 is 27.6 Å². The lowest BCUT2D eigenvalue weighted by atomic mass is 9.78. The summed E-state index contributed by atoms with van der Waals surface area (Å²) in [5.74, 6) is 2.67. The molecule has 0 aromatic heterocycles. The fraction of sp³-hybridized carbons (Fsp3) is 1.00. The van der Waals surface area contributed by atoms with E-state index in [2.05, 4.69) is 32.6 Å². The predicted molar refractivity (Wildman–Crippen MR) is 79.5 cm³/mol. The van der Waals surface area contributed by atoms with Gasteiger partial charge in [-0.15, -0.1) is 0 Å². The van der Waals surface area contributed by atoms with Crippen LogP contribution in [-0.4, -0.2) is 24.6 Å². The highest BCUT2D eigenvalue weighted by Crippen LogP contribution is 2.33. The summed E-state index contributed by atoms with van der Waals surface area (Å²) < 4.78 is 0. The summed E-state index contributed by atoms with van der Waals surface area (Å²) in [6.45, 7) is 3.35. The Labute approximate surface area is 122 Å². The molecule has 2 saturated heterocycles. The van der Waals surface area contributed by atoms with Gasteiger partial charge in [0.15, 0.2) is 0 Å². The third-order valence-corrected chi connectivity index (χ3v) is 5.21. The molecule has 4 bridgehead atoms. The zero-order chi connectivity index (χ0) is 13.6. The van der Waals surface area contributed by atoms with Gasteiger partial charge in [-0.3, -0.25) is 0 Å². The Kier molecular flexibility index (Phi) is 5.64. The fourth-order valence-corrected chi connectivity index (χ4v) is 4.10. The van der Waals surface area contributed by atoms with Crippen molar-refractivity contribution in [1.82, 2.24) is 32.6 Å². The van der Waals surface area contributed by atoms with Gasteiger partial charge in [-0.2, -0.15) is 22.1 Å². The van der Waals surface area contributed by atoms with Crippen LogP contribution in [-0.2, 0) is 0 Å². The second kappa shape index (κ2) is 7.68. The number of nitrogens with zero attached hydrogens (tertiary/aromatic N) is 1. The molecule has 2 heterocycles. The first-order chi connectivity index (χ1) is 9.90. The third kappa shape index (κ3) is 4.38. The smallest absolute Gasteiger partial charge is 0.0173 e. The van der Waals surface area contributed by atoms with Crippen LogP contribution >= 0.6 is 0 Å². The quantitative estimate of drug-likeness (QED) is 0.453. The fourth-order valence-electron chi connectivity index (χ4n) is 4.10. The molecule has 4 atom stereocenters. The molecule has 6 nitrogen and oxygen atoms in total. The van der Waals surface area contributed by atoms with Gasteiger partial charge in [0.2, 0.25) is 0 Å². The number of piperidine rings is 1. The Morgan fingerprint density at radius 3 is 2.60 bits per heavy atom. The third-order valence-electron chi connectivity index (χ3n) is 5.21. The highest BCUT2D eigenvalue weighted by atomic mass is 15.9. The maximum atomic E-state index is 3.27. The Morgan fingerprint density at radius 2 is 1.60 bits per heavy atom. The van der Waals surface area contributed by atoms with Crippen LogP contribution in [0.15, 0.2) is 0 Å². The first-order valence-electron chi connectivity index (χ1n) is 8.38. The summed E-state index contributed by atoms with van der Waals surface area (Å²) in [7, 11) is 0. The van der Waals surface area contributed by atoms with Crippen molar-refractivity contribution >= 4 is 0 Å². The molecule has 0 spiro atoms. The van der Waals surface area contributed by atoms with Gasteiger partial charge in [0.25, 0.3) is 0 Å². The largest absolute Gasteiger partial charge is 0.243 e. The summed E-state index contributed by atoms with van der Waals surface area (Å²) >= 11 is 0. The van der Waals surface area contributed by atoms with Gasteiger partial charge < -0.3 is 0 Å². The molecule has 3 aliphatic rings. The molecule has 3 fully saturated rings. The summed E-state index contributed by atoms with van der Waals surface area (Å²) in [5, 5.41) is 2.29. The van der Waals surface area contributed by atoms with Crippen molar-refractivity contribution < 1.29 is 0 Å². The zero-order valence-corrected chi connectivity index (χ0v) is 12.5. The lowest BCUT2D eigenvalue weighted by Crippen LogP contribution is -2.61. The summed E-state index contributed by atoms with van der Waals surface area (Å²) in [5.41, 5.74) is 15.5. The molecule has 20 heavy (non-hydrogen) atoms. The van der Waals surface area contributed by atoms with Gasteiger partial charge in [-0.25, -0.2) is 10.4 Å². The number of hydrogen-bond acceptors (Lipinski definition) is 6. The Morgan fingerprint density at radius 1 is 0.750 bits per heavy atom. The van der Waals surface area contributed by atoms with Crippen molar-refractivity contribution in [1.29, 1.82) is 0 Å². The average Bonchev–Trinajstić information content (AvgIpc) is 2.49. The number of nitrogens with one attached hydrogen (secondary N) is 5. The van der Waals surface area contributed by atoms with Gasteiger partial charge in [-0.1, -0.05) is 19.3 Å². The summed E-state index contributed by atoms with van der Waals surface area (Å²) in [6.07, 6.45) is 11.2. The Bertz CT molecular complexity index is 259. The minimum Gasteiger partial charge on any atom is -0.243 e. The van der Waals surface area contributed by atoms with Crippen LogP contribution in [0.1, 0.15) is 51.4 Å². The average molecular weight is 282 g/mol. The molecule has 0 aromatic carbocycles. The summed E-state index contributed by atoms with van der Waals surface area (Å²) in [6, 6.07) is 0. The van der Waals surface area contributed by atoms with Crippen molar-refractivity contribution in [3.63, 3.8) is 0 Å². The van der Waals surface area contributed by atoms with E-state index in [0.29, 0.717) is 0 Å². The van der Waals surface area contributed by atoms with Crippen LogP contribution in [0.3, 0.4) is 0 Å². The monoisotopic (exact) mass is 282 g/mol. The van der Waals surface area contributed by atoms with Crippen LogP contribution in [0.25, 0.3) is 0 Å². The van der Waals surface area contributed by atoms with E-state index in [1.165, 1.54) is 51.4 Å². The Balaban J connectivity index is 1.54. The normalized spacial score (nSPS) is 40.8. The molecule has 1 aliphatic carbocycles. The minimum atomic E-state index is 0.835. The second-order valence-electron chi connectivity index (χ2n) is 6.80. The van der Waals surface area contributed by atoms with E-state index in [9.17, 15) is 0 Å². The number of hydrazine groups is 5. The van der Waals surface area contributed by atoms with Gasteiger partial charge in [0.05, 0.1) is 0 Å². The first-order valence-corrected chi connectivity index (χ1v) is 8.38. The topological polar surface area (TPSA) is 63.4 Å². The molecule has 3 rings (SSSR count). The van der Waals surface area contributed by atoms with Gasteiger partial charge in [-0.05, 0) is 49.9 Å². The number of hydrogen-bond donors (Lipinski definition) is 5. The van der Waals surface area contributed by atoms with Crippen molar-refractivity contribution in [2.24, 2.45) is 17.8 Å². The first kappa shape index (κ1) is 14.7. The van der Waals surface area contributed by atoms with E-state index in [1.54, 1.807) is 0 Å². The van der Waals surface area contributed by atoms with Crippen LogP contribution in [0.2, 0.25) is 0 Å². The van der Waals surface area contributed by atoms with Crippen molar-refractivity contribution in [3.05, 3.63) is 0 Å². The van der Waals surface area contributed by atoms with E-state index >= 15 is 0 Å². The van der Waals surface area contributed by atoms with E-state index < -0.39 is 0 Å². The van der Waals surface area contributed by atoms with Crippen LogP contribution in [0.4, 0.5) is 0 Å². The SMILES string of the molecule is C1CC2CCC3CCCN(C3)NNNNNCC(C1)C2. The maximum Gasteiger partial charge on any atom is 0.0173 e. The van der Waals surface area contributed by atoms with Crippen molar-refractivity contribution in [3.8, 4) is 0 Å². The second-order valence-corrected chi connectivity index (χ2v) is 6.80. The van der Waals surface area contributed by atoms with Crippen molar-refractivity contribution in [2.75, 3.05) is 19.6 Å². The number of fused-ring (bicyclic) bond motifs is 4. The highest BCUT2D eigenvalue weighted by Gasteiger charge is 2.25. The lowest BCUT2D eigenvalue weighted by molar-refractivity contribution is 0.0635. The molecule has 0 amide bonds. The molecule has 2 aliphatic heterocycles. The van der Waals surface area contributed by atoms with E-state index in [-0.39, 0.29) is 0 Å². The molecule has 1 saturated carbocycles. The molecule has 4 unspecified atom stereocenters. The molecular weight excluding hydrogens is 252 g/mol. The molecular formula is C14H30N6. The molecule has 0 aromatic rings. The number of rotatable bonds is 0. The molecule has 6 heteroatoms. The lowest BCUT2D eigenvalue weighted by Gasteiger charge is -2.35. The summed E-state index contributed by atoms with van der Waals surface area (Å²) in [4.78, 5) is 0. The van der Waals surface area contributed by atoms with E-state index in [0.717, 1.165) is 37.4 Å². The zero-order valence-electron chi connectivity index (χ0n) is 12.5. The maximum absolute atomic E-state index is 3.27. The molecule has 5 N–H and O–H groups in total. The predicted octanol–water partition coefficient (Wildman–Crippen LogP) is 0.822. The van der Waals surface area contributed by atoms with Crippen molar-refractivity contribution in [2.45, 2.75) is 51.4 Å². The van der Waals surface area contributed by atoms with Gasteiger partial charge >= 0.3 is 0 Å². The van der Waals surface area contributed by atoms with Crippen LogP contribution in [0, 0.1) is 17.8 Å². The van der Waals surface area contributed by atoms with Crippen LogP contribution in [0.5, 0.6) is 0 Å². The van der Waals surface area contributed by atoms with E-state index in [4.69, 9.17) is 0 Å². The van der Waals surface area contributed by atoms with Gasteiger partial charge in [0.1, 0.15) is 0 Å². The van der Waals surface area contributed by atoms with Gasteiger partial charge in [0, 0.05) is 19.6 Å². The minimum absolute atomic E-state index is 0.835. The Hall–Kier alpha value is -0.240. The molecule has 116 valence electrons. The standard InChI is InChI=1S/C14H30N6/c1-3-12-6-7-13-5-2-8-20(11-13)19-18-17-16-15-10-14(4-1)9-12/h12-19H,1-11H2. The molecule has 0 radical (unpaired) electrons. The highest BCUT2D eigenvalue weighted by molar-refractivity contribution is 4.77. The van der Waals surface area contributed by atoms with E-state index in [1.807, 2.05) is 0 Å².